The molecular weight excluding hydrogens is 605 g/mol. The third kappa shape index (κ3) is 5.00. The van der Waals surface area contributed by atoms with Crippen molar-refractivity contribution in [3.63, 3.8) is 0 Å². The minimum absolute atomic E-state index is 0.0439. The molecule has 8 heteroatoms. The zero-order valence-corrected chi connectivity index (χ0v) is 27.2. The first-order valence-electron chi connectivity index (χ1n) is 15.9. The van der Waals surface area contributed by atoms with Crippen molar-refractivity contribution < 1.29 is 17.8 Å². The van der Waals surface area contributed by atoms with Crippen molar-refractivity contribution >= 4 is 48.6 Å². The number of imidazole rings is 1. The molecule has 7 aromatic rings. The summed E-state index contributed by atoms with van der Waals surface area (Å²) in [6.07, 6.45) is 2.63. The zero-order valence-electron chi connectivity index (χ0n) is 26.4. The maximum Gasteiger partial charge on any atom is 0.268 e. The average Bonchev–Trinajstić information content (AvgIpc) is 3.59. The number of hydrogen-bond donors (Lipinski definition) is 0. The van der Waals surface area contributed by atoms with Crippen molar-refractivity contribution in [1.82, 2.24) is 13.4 Å². The molecule has 47 heavy (non-hydrogen) atoms. The topological polar surface area (TPSA) is 68.2 Å². The van der Waals surface area contributed by atoms with E-state index in [4.69, 9.17) is 0 Å². The summed E-state index contributed by atoms with van der Waals surface area (Å²) in [4.78, 5) is 16.1. The lowest BCUT2D eigenvalue weighted by atomic mass is 10.0. The highest BCUT2D eigenvalue weighted by molar-refractivity contribution is 7.90. The molecule has 8 rings (SSSR count). The van der Waals surface area contributed by atoms with Gasteiger partial charge in [0.2, 0.25) is 6.33 Å². The van der Waals surface area contributed by atoms with Gasteiger partial charge >= 0.3 is 0 Å². The van der Waals surface area contributed by atoms with Gasteiger partial charge in [0.05, 0.1) is 22.7 Å². The Hall–Kier alpha value is -5.21. The SMILES string of the molecule is Cc1cc2c(cc1C)[n+](Cc1ccc3ccccc3c1)cn2CC(=O)N1CCc2c(n(S(=O)(=O)c3ccccc3)c3ccccc23)C1. The van der Waals surface area contributed by atoms with Gasteiger partial charge in [0.1, 0.15) is 6.54 Å². The van der Waals surface area contributed by atoms with E-state index in [1.54, 1.807) is 29.2 Å². The van der Waals surface area contributed by atoms with Crippen LogP contribution in [-0.4, -0.2) is 34.3 Å². The Morgan fingerprint density at radius 3 is 2.34 bits per heavy atom. The molecule has 0 aliphatic carbocycles. The molecule has 0 spiro atoms. The Labute approximate surface area is 274 Å². The van der Waals surface area contributed by atoms with Crippen LogP contribution in [0.25, 0.3) is 32.7 Å². The van der Waals surface area contributed by atoms with E-state index in [2.05, 4.69) is 73.0 Å². The first kappa shape index (κ1) is 29.2. The molecule has 0 saturated heterocycles. The van der Waals surface area contributed by atoms with Crippen LogP contribution in [0.2, 0.25) is 0 Å². The van der Waals surface area contributed by atoms with Crippen LogP contribution in [0.5, 0.6) is 0 Å². The summed E-state index contributed by atoms with van der Waals surface area (Å²) in [6.45, 7) is 5.80. The van der Waals surface area contributed by atoms with Gasteiger partial charge in [-0.15, -0.1) is 0 Å². The van der Waals surface area contributed by atoms with Gasteiger partial charge in [-0.1, -0.05) is 72.8 Å². The van der Waals surface area contributed by atoms with Gasteiger partial charge in [-0.25, -0.2) is 21.5 Å². The highest BCUT2D eigenvalue weighted by atomic mass is 32.2. The zero-order chi connectivity index (χ0) is 32.3. The third-order valence-electron chi connectivity index (χ3n) is 9.61. The predicted octanol–water partition coefficient (Wildman–Crippen LogP) is 6.52. The first-order chi connectivity index (χ1) is 22.8. The van der Waals surface area contributed by atoms with Gasteiger partial charge in [-0.05, 0) is 89.7 Å². The highest BCUT2D eigenvalue weighted by Crippen LogP contribution is 2.34. The third-order valence-corrected chi connectivity index (χ3v) is 11.4. The van der Waals surface area contributed by atoms with Crippen LogP contribution >= 0.6 is 0 Å². The summed E-state index contributed by atoms with van der Waals surface area (Å²) in [5.74, 6) is -0.0439. The van der Waals surface area contributed by atoms with Crippen molar-refractivity contribution in [2.75, 3.05) is 6.54 Å². The Morgan fingerprint density at radius 2 is 1.51 bits per heavy atom. The number of amides is 1. The lowest BCUT2D eigenvalue weighted by molar-refractivity contribution is -0.663. The molecule has 0 unspecified atom stereocenters. The number of fused-ring (bicyclic) bond motifs is 5. The van der Waals surface area contributed by atoms with Crippen molar-refractivity contribution in [2.45, 2.75) is 44.8 Å². The lowest BCUT2D eigenvalue weighted by Gasteiger charge is -2.28. The molecule has 0 radical (unpaired) electrons. The molecule has 2 aromatic heterocycles. The van der Waals surface area contributed by atoms with Gasteiger partial charge in [0.25, 0.3) is 15.9 Å². The summed E-state index contributed by atoms with van der Waals surface area (Å²) >= 11 is 0. The number of aromatic nitrogens is 3. The van der Waals surface area contributed by atoms with Gasteiger partial charge < -0.3 is 4.90 Å². The molecule has 0 atom stereocenters. The summed E-state index contributed by atoms with van der Waals surface area (Å²) < 4.78 is 33.8. The fourth-order valence-electron chi connectivity index (χ4n) is 7.03. The van der Waals surface area contributed by atoms with Gasteiger partial charge in [0, 0.05) is 11.9 Å². The van der Waals surface area contributed by atoms with E-state index >= 15 is 0 Å². The smallest absolute Gasteiger partial charge is 0.268 e. The van der Waals surface area contributed by atoms with Gasteiger partial charge in [0.15, 0.2) is 17.6 Å². The van der Waals surface area contributed by atoms with E-state index in [-0.39, 0.29) is 23.9 Å². The molecule has 7 nitrogen and oxygen atoms in total. The van der Waals surface area contributed by atoms with E-state index in [0.717, 1.165) is 22.0 Å². The number of aryl methyl sites for hydroxylation is 2. The quantitative estimate of drug-likeness (QED) is 0.195. The van der Waals surface area contributed by atoms with Crippen LogP contribution in [0.15, 0.2) is 120 Å². The number of carbonyl (C=O) groups is 1. The Morgan fingerprint density at radius 1 is 0.787 bits per heavy atom. The predicted molar refractivity (Wildman–Crippen MR) is 185 cm³/mol. The lowest BCUT2D eigenvalue weighted by Crippen LogP contribution is -2.39. The van der Waals surface area contributed by atoms with E-state index in [0.29, 0.717) is 30.7 Å². The second-order valence-corrected chi connectivity index (χ2v) is 14.4. The summed E-state index contributed by atoms with van der Waals surface area (Å²) in [6, 6.07) is 35.4. The van der Waals surface area contributed by atoms with Crippen molar-refractivity contribution in [2.24, 2.45) is 0 Å². The molecule has 5 aromatic carbocycles. The van der Waals surface area contributed by atoms with Gasteiger partial charge in [-0.2, -0.15) is 0 Å². The fraction of sp³-hybridized carbons (Fsp3) is 0.179. The molecule has 0 saturated carbocycles. The summed E-state index contributed by atoms with van der Waals surface area (Å²) in [5.41, 5.74) is 7.93. The van der Waals surface area contributed by atoms with Crippen LogP contribution in [0, 0.1) is 13.8 Å². The maximum absolute atomic E-state index is 14.1. The number of rotatable bonds is 6. The largest absolute Gasteiger partial charge is 0.333 e. The second kappa shape index (κ2) is 11.2. The molecular formula is C39H35N4O3S+. The maximum atomic E-state index is 14.1. The molecule has 0 fully saturated rings. The molecule has 1 aliphatic rings. The molecule has 1 aliphatic heterocycles. The van der Waals surface area contributed by atoms with Crippen LogP contribution in [0.3, 0.4) is 0 Å². The minimum atomic E-state index is -3.88. The number of para-hydroxylation sites is 1. The molecule has 3 heterocycles. The van der Waals surface area contributed by atoms with Gasteiger partial charge in [-0.3, -0.25) is 4.79 Å². The first-order valence-corrected chi connectivity index (χ1v) is 17.4. The van der Waals surface area contributed by atoms with E-state index < -0.39 is 10.0 Å². The fourth-order valence-corrected chi connectivity index (χ4v) is 8.62. The highest BCUT2D eigenvalue weighted by Gasteiger charge is 2.32. The number of benzene rings is 5. The van der Waals surface area contributed by atoms with E-state index in [9.17, 15) is 13.2 Å². The van der Waals surface area contributed by atoms with Crippen molar-refractivity contribution in [1.29, 1.82) is 0 Å². The van der Waals surface area contributed by atoms with E-state index in [1.807, 2.05) is 41.2 Å². The number of carbonyl (C=O) groups excluding carboxylic acids is 1. The van der Waals surface area contributed by atoms with E-state index in [1.165, 1.54) is 31.4 Å². The molecule has 234 valence electrons. The Bertz CT molecular complexity index is 2460. The summed E-state index contributed by atoms with van der Waals surface area (Å²) in [7, 11) is -3.88. The van der Waals surface area contributed by atoms with Crippen LogP contribution < -0.4 is 4.57 Å². The number of hydrogen-bond acceptors (Lipinski definition) is 3. The average molecular weight is 640 g/mol. The standard InChI is InChI=1S/C39H35N4O3S/c1-27-20-36-37(21-28(27)2)42(26-41(36)23-29-16-17-30-10-6-7-11-31(30)22-29)25-39(44)40-19-18-34-33-14-8-9-15-35(33)43(38(34)24-40)47(45,46)32-12-4-3-5-13-32/h3-17,20-22,26H,18-19,23-25H2,1-2H3/q+1. The Balaban J connectivity index is 1.14. The van der Waals surface area contributed by atoms with Crippen LogP contribution in [0.1, 0.15) is 27.9 Å². The van der Waals surface area contributed by atoms with Crippen LogP contribution in [-0.2, 0) is 40.9 Å². The minimum Gasteiger partial charge on any atom is -0.333 e. The normalized spacial score (nSPS) is 13.4. The summed E-state index contributed by atoms with van der Waals surface area (Å²) in [5, 5.41) is 3.33. The monoisotopic (exact) mass is 639 g/mol. The number of nitrogens with zero attached hydrogens (tertiary/aromatic N) is 4. The molecule has 0 bridgehead atoms. The Kier molecular flexibility index (Phi) is 6.99. The van der Waals surface area contributed by atoms with Crippen LogP contribution in [0.4, 0.5) is 0 Å². The molecule has 1 amide bonds. The molecule has 0 N–H and O–H groups in total. The van der Waals surface area contributed by atoms with Crippen molar-refractivity contribution in [3.05, 3.63) is 143 Å². The second-order valence-electron chi connectivity index (χ2n) is 12.6. The van der Waals surface area contributed by atoms with Crippen molar-refractivity contribution in [3.8, 4) is 0 Å².